The molecular formula is C24H35NO. The Bertz CT molecular complexity index is 589. The SMILES string of the molecule is CCCCCCOc1ccc(CCc2ccc(CCCCC)cn2)cc1. The molecular weight excluding hydrogens is 318 g/mol. The average Bonchev–Trinajstić information content (AvgIpc) is 2.68. The zero-order valence-corrected chi connectivity index (χ0v) is 16.7. The molecule has 0 amide bonds. The highest BCUT2D eigenvalue weighted by molar-refractivity contribution is 5.28. The first kappa shape index (κ1) is 20.5. The normalized spacial score (nSPS) is 10.8. The van der Waals surface area contributed by atoms with Crippen molar-refractivity contribution in [2.75, 3.05) is 6.61 Å². The lowest BCUT2D eigenvalue weighted by atomic mass is 10.1. The topological polar surface area (TPSA) is 22.1 Å². The molecule has 1 heterocycles. The number of unbranched alkanes of at least 4 members (excludes halogenated alkanes) is 5. The lowest BCUT2D eigenvalue weighted by Gasteiger charge is -2.07. The van der Waals surface area contributed by atoms with Crippen LogP contribution in [0, 0.1) is 0 Å². The number of ether oxygens (including phenoxy) is 1. The predicted octanol–water partition coefficient (Wildman–Crippen LogP) is 6.56. The second-order valence-electron chi connectivity index (χ2n) is 7.17. The summed E-state index contributed by atoms with van der Waals surface area (Å²) in [6.45, 7) is 5.30. The van der Waals surface area contributed by atoms with Crippen LogP contribution < -0.4 is 4.74 Å². The zero-order valence-electron chi connectivity index (χ0n) is 16.7. The monoisotopic (exact) mass is 353 g/mol. The summed E-state index contributed by atoms with van der Waals surface area (Å²) in [6.07, 6.45) is 14.1. The summed E-state index contributed by atoms with van der Waals surface area (Å²) in [7, 11) is 0. The smallest absolute Gasteiger partial charge is 0.119 e. The van der Waals surface area contributed by atoms with Gasteiger partial charge in [-0.05, 0) is 61.4 Å². The van der Waals surface area contributed by atoms with Gasteiger partial charge in [0.1, 0.15) is 5.75 Å². The molecule has 0 aliphatic heterocycles. The second-order valence-corrected chi connectivity index (χ2v) is 7.17. The number of nitrogens with zero attached hydrogens (tertiary/aromatic N) is 1. The maximum absolute atomic E-state index is 5.81. The molecule has 26 heavy (non-hydrogen) atoms. The van der Waals surface area contributed by atoms with E-state index in [1.807, 2.05) is 0 Å². The van der Waals surface area contributed by atoms with Gasteiger partial charge < -0.3 is 4.74 Å². The molecule has 0 saturated heterocycles. The van der Waals surface area contributed by atoms with E-state index < -0.39 is 0 Å². The summed E-state index contributed by atoms with van der Waals surface area (Å²) in [6, 6.07) is 13.0. The summed E-state index contributed by atoms with van der Waals surface area (Å²) >= 11 is 0. The number of rotatable bonds is 13. The summed E-state index contributed by atoms with van der Waals surface area (Å²) < 4.78 is 5.81. The number of aromatic nitrogens is 1. The Balaban J connectivity index is 1.70. The minimum absolute atomic E-state index is 0.827. The minimum Gasteiger partial charge on any atom is -0.494 e. The van der Waals surface area contributed by atoms with Gasteiger partial charge in [-0.2, -0.15) is 0 Å². The van der Waals surface area contributed by atoms with Crippen LogP contribution in [0.5, 0.6) is 5.75 Å². The van der Waals surface area contributed by atoms with E-state index in [2.05, 4.69) is 61.4 Å². The van der Waals surface area contributed by atoms with Crippen LogP contribution in [0.2, 0.25) is 0 Å². The van der Waals surface area contributed by atoms with Crippen molar-refractivity contribution < 1.29 is 4.74 Å². The lowest BCUT2D eigenvalue weighted by Crippen LogP contribution is -1.98. The minimum atomic E-state index is 0.827. The molecule has 0 fully saturated rings. The molecule has 0 aliphatic carbocycles. The third-order valence-corrected chi connectivity index (χ3v) is 4.81. The third-order valence-electron chi connectivity index (χ3n) is 4.81. The van der Waals surface area contributed by atoms with Crippen LogP contribution >= 0.6 is 0 Å². The zero-order chi connectivity index (χ0) is 18.5. The average molecular weight is 354 g/mol. The van der Waals surface area contributed by atoms with Gasteiger partial charge >= 0.3 is 0 Å². The van der Waals surface area contributed by atoms with Gasteiger partial charge in [0.2, 0.25) is 0 Å². The summed E-state index contributed by atoms with van der Waals surface area (Å²) in [5.41, 5.74) is 3.89. The van der Waals surface area contributed by atoms with Crippen LogP contribution in [-0.4, -0.2) is 11.6 Å². The maximum Gasteiger partial charge on any atom is 0.119 e. The van der Waals surface area contributed by atoms with Crippen molar-refractivity contribution in [2.24, 2.45) is 0 Å². The standard InChI is InChI=1S/C24H35NO/c1-3-5-7-9-19-26-24-17-13-21(14-18-24)11-15-23-16-12-22(20-25-23)10-8-6-4-2/h12-14,16-18,20H,3-11,15,19H2,1-2H3. The fourth-order valence-corrected chi connectivity index (χ4v) is 3.07. The molecule has 0 saturated carbocycles. The Morgan fingerprint density at radius 3 is 2.12 bits per heavy atom. The Hall–Kier alpha value is -1.83. The Labute approximate surface area is 160 Å². The maximum atomic E-state index is 5.81. The van der Waals surface area contributed by atoms with Crippen LogP contribution in [0.4, 0.5) is 0 Å². The Morgan fingerprint density at radius 2 is 1.42 bits per heavy atom. The molecule has 2 heteroatoms. The largest absolute Gasteiger partial charge is 0.494 e. The fraction of sp³-hybridized carbons (Fsp3) is 0.542. The van der Waals surface area contributed by atoms with Crippen molar-refractivity contribution in [3.8, 4) is 5.75 Å². The van der Waals surface area contributed by atoms with Crippen LogP contribution in [-0.2, 0) is 19.3 Å². The van der Waals surface area contributed by atoms with Gasteiger partial charge in [0, 0.05) is 11.9 Å². The number of aryl methyl sites for hydroxylation is 3. The van der Waals surface area contributed by atoms with Crippen molar-refractivity contribution in [2.45, 2.75) is 78.1 Å². The van der Waals surface area contributed by atoms with Gasteiger partial charge in [-0.1, -0.05) is 64.2 Å². The molecule has 1 aromatic heterocycles. The molecule has 0 N–H and O–H groups in total. The first-order chi connectivity index (χ1) is 12.8. The third kappa shape index (κ3) is 8.03. The van der Waals surface area contributed by atoms with Crippen molar-refractivity contribution in [3.05, 3.63) is 59.4 Å². The molecule has 0 aliphatic rings. The van der Waals surface area contributed by atoms with Gasteiger partial charge in [-0.3, -0.25) is 4.98 Å². The van der Waals surface area contributed by atoms with Crippen LogP contribution in [0.1, 0.15) is 75.6 Å². The van der Waals surface area contributed by atoms with Crippen molar-refractivity contribution in [1.29, 1.82) is 0 Å². The van der Waals surface area contributed by atoms with Gasteiger partial charge in [-0.25, -0.2) is 0 Å². The van der Waals surface area contributed by atoms with Gasteiger partial charge in [0.15, 0.2) is 0 Å². The van der Waals surface area contributed by atoms with Gasteiger partial charge in [-0.15, -0.1) is 0 Å². The molecule has 0 bridgehead atoms. The van der Waals surface area contributed by atoms with E-state index in [-0.39, 0.29) is 0 Å². The highest BCUT2D eigenvalue weighted by atomic mass is 16.5. The molecule has 142 valence electrons. The number of pyridine rings is 1. The molecule has 0 atom stereocenters. The Morgan fingerprint density at radius 1 is 0.692 bits per heavy atom. The van der Waals surface area contributed by atoms with Crippen LogP contribution in [0.3, 0.4) is 0 Å². The molecule has 2 rings (SSSR count). The second kappa shape index (κ2) is 12.5. The molecule has 0 spiro atoms. The van der Waals surface area contributed by atoms with E-state index in [1.54, 1.807) is 0 Å². The molecule has 0 unspecified atom stereocenters. The molecule has 1 aromatic carbocycles. The van der Waals surface area contributed by atoms with E-state index >= 15 is 0 Å². The van der Waals surface area contributed by atoms with E-state index in [0.29, 0.717) is 0 Å². The van der Waals surface area contributed by atoms with Crippen LogP contribution in [0.25, 0.3) is 0 Å². The van der Waals surface area contributed by atoms with Gasteiger partial charge in [0.25, 0.3) is 0 Å². The predicted molar refractivity (Wildman–Crippen MR) is 111 cm³/mol. The lowest BCUT2D eigenvalue weighted by molar-refractivity contribution is 0.305. The molecule has 2 aromatic rings. The van der Waals surface area contributed by atoms with E-state index in [4.69, 9.17) is 4.74 Å². The highest BCUT2D eigenvalue weighted by Gasteiger charge is 2.00. The molecule has 2 nitrogen and oxygen atoms in total. The summed E-state index contributed by atoms with van der Waals surface area (Å²) in [5.74, 6) is 0.986. The number of benzene rings is 1. The fourth-order valence-electron chi connectivity index (χ4n) is 3.07. The summed E-state index contributed by atoms with van der Waals surface area (Å²) in [4.78, 5) is 4.63. The van der Waals surface area contributed by atoms with Crippen LogP contribution in [0.15, 0.2) is 42.6 Å². The van der Waals surface area contributed by atoms with Crippen molar-refractivity contribution >= 4 is 0 Å². The first-order valence-electron chi connectivity index (χ1n) is 10.5. The first-order valence-corrected chi connectivity index (χ1v) is 10.5. The number of hydrogen-bond acceptors (Lipinski definition) is 2. The van der Waals surface area contributed by atoms with Gasteiger partial charge in [0.05, 0.1) is 6.61 Å². The quantitative estimate of drug-likeness (QED) is 0.380. The van der Waals surface area contributed by atoms with E-state index in [1.165, 1.54) is 55.3 Å². The summed E-state index contributed by atoms with van der Waals surface area (Å²) in [5, 5.41) is 0. The Kier molecular flexibility index (Phi) is 9.86. The molecule has 0 radical (unpaired) electrons. The highest BCUT2D eigenvalue weighted by Crippen LogP contribution is 2.15. The number of hydrogen-bond donors (Lipinski definition) is 0. The van der Waals surface area contributed by atoms with E-state index in [0.717, 1.165) is 38.0 Å². The van der Waals surface area contributed by atoms with Crippen molar-refractivity contribution in [1.82, 2.24) is 4.98 Å². The van der Waals surface area contributed by atoms with E-state index in [9.17, 15) is 0 Å². The van der Waals surface area contributed by atoms with Crippen molar-refractivity contribution in [3.63, 3.8) is 0 Å².